The minimum Gasteiger partial charge on any atom is -0.508 e. The summed E-state index contributed by atoms with van der Waals surface area (Å²) in [5.74, 6) is -0.930. The molecular formula is C14H15FN2O3S. The third-order valence-electron chi connectivity index (χ3n) is 3.05. The van der Waals surface area contributed by atoms with Gasteiger partial charge in [0.25, 0.3) is 0 Å². The number of benzene rings is 2. The Hall–Kier alpha value is -2.12. The predicted molar refractivity (Wildman–Crippen MR) is 77.6 cm³/mol. The number of halogens is 1. The van der Waals surface area contributed by atoms with Gasteiger partial charge in [-0.25, -0.2) is 12.8 Å². The monoisotopic (exact) mass is 310 g/mol. The molecule has 0 aliphatic carbocycles. The lowest BCUT2D eigenvalue weighted by Crippen LogP contribution is -2.28. The van der Waals surface area contributed by atoms with Crippen LogP contribution >= 0.6 is 0 Å². The van der Waals surface area contributed by atoms with Gasteiger partial charge in [0.1, 0.15) is 16.5 Å². The molecule has 112 valence electrons. The maximum atomic E-state index is 13.8. The molecule has 0 amide bonds. The van der Waals surface area contributed by atoms with Crippen LogP contribution in [-0.2, 0) is 16.6 Å². The molecule has 0 saturated carbocycles. The number of hydrogen-bond donors (Lipinski definition) is 2. The van der Waals surface area contributed by atoms with Crippen LogP contribution in [0.4, 0.5) is 10.1 Å². The second-order valence-corrected chi connectivity index (χ2v) is 6.53. The third kappa shape index (κ3) is 2.98. The van der Waals surface area contributed by atoms with Gasteiger partial charge in [0.2, 0.25) is 10.0 Å². The number of anilines is 1. The molecule has 7 heteroatoms. The molecule has 0 saturated heterocycles. The van der Waals surface area contributed by atoms with Crippen molar-refractivity contribution in [2.24, 2.45) is 0 Å². The van der Waals surface area contributed by atoms with Crippen molar-refractivity contribution in [1.29, 1.82) is 0 Å². The fourth-order valence-electron chi connectivity index (χ4n) is 1.92. The van der Waals surface area contributed by atoms with Gasteiger partial charge in [0, 0.05) is 19.2 Å². The van der Waals surface area contributed by atoms with Gasteiger partial charge in [-0.05, 0) is 18.2 Å². The van der Waals surface area contributed by atoms with Gasteiger partial charge in [0.15, 0.2) is 0 Å². The largest absolute Gasteiger partial charge is 0.508 e. The van der Waals surface area contributed by atoms with E-state index >= 15 is 0 Å². The van der Waals surface area contributed by atoms with Gasteiger partial charge in [-0.15, -0.1) is 0 Å². The van der Waals surface area contributed by atoms with Gasteiger partial charge in [0.05, 0.1) is 5.69 Å². The van der Waals surface area contributed by atoms with Crippen LogP contribution < -0.4 is 5.73 Å². The summed E-state index contributed by atoms with van der Waals surface area (Å²) in [5, 5.41) is 9.68. The van der Waals surface area contributed by atoms with Crippen molar-refractivity contribution in [1.82, 2.24) is 4.31 Å². The average Bonchev–Trinajstić information content (AvgIpc) is 2.40. The lowest BCUT2D eigenvalue weighted by atomic mass is 10.2. The van der Waals surface area contributed by atoms with Crippen LogP contribution in [0.2, 0.25) is 0 Å². The van der Waals surface area contributed by atoms with E-state index in [2.05, 4.69) is 0 Å². The molecule has 0 spiro atoms. The second kappa shape index (κ2) is 5.71. The maximum Gasteiger partial charge on any atom is 0.248 e. The zero-order valence-electron chi connectivity index (χ0n) is 11.3. The molecule has 0 aromatic heterocycles. The van der Waals surface area contributed by atoms with Crippen LogP contribution in [0.1, 0.15) is 5.56 Å². The highest BCUT2D eigenvalue weighted by molar-refractivity contribution is 7.89. The summed E-state index contributed by atoms with van der Waals surface area (Å²) in [4.78, 5) is -0.553. The number of aromatic hydroxyl groups is 1. The number of nitrogens with zero attached hydrogens (tertiary/aromatic N) is 1. The topological polar surface area (TPSA) is 83.6 Å². The molecule has 21 heavy (non-hydrogen) atoms. The fraction of sp³-hybridized carbons (Fsp3) is 0.143. The predicted octanol–water partition coefficient (Wildman–Crippen LogP) is 1.93. The van der Waals surface area contributed by atoms with E-state index in [-0.39, 0.29) is 18.0 Å². The Morgan fingerprint density at radius 1 is 1.19 bits per heavy atom. The van der Waals surface area contributed by atoms with Crippen LogP contribution in [0, 0.1) is 5.82 Å². The van der Waals surface area contributed by atoms with E-state index < -0.39 is 20.7 Å². The summed E-state index contributed by atoms with van der Waals surface area (Å²) in [6, 6.07) is 10.0. The first-order chi connectivity index (χ1) is 9.84. The number of para-hydroxylation sites is 1. The Kier molecular flexibility index (Phi) is 4.15. The molecule has 0 unspecified atom stereocenters. The Balaban J connectivity index is 2.38. The number of nitrogens with two attached hydrogens (primary N) is 1. The van der Waals surface area contributed by atoms with E-state index in [9.17, 15) is 17.9 Å². The molecule has 0 aliphatic rings. The minimum atomic E-state index is -4.09. The molecular weight excluding hydrogens is 295 g/mol. The van der Waals surface area contributed by atoms with Crippen molar-refractivity contribution in [3.8, 4) is 5.75 Å². The molecule has 2 rings (SSSR count). The Bertz CT molecular complexity index is 742. The molecule has 3 N–H and O–H groups in total. The Morgan fingerprint density at radius 3 is 2.48 bits per heavy atom. The SMILES string of the molecule is CN(Cc1ccccc1O)S(=O)(=O)c1c(N)cccc1F. The average molecular weight is 310 g/mol. The lowest BCUT2D eigenvalue weighted by molar-refractivity contribution is 0.433. The van der Waals surface area contributed by atoms with Crippen molar-refractivity contribution < 1.29 is 17.9 Å². The van der Waals surface area contributed by atoms with Crippen LogP contribution in [0.5, 0.6) is 5.75 Å². The van der Waals surface area contributed by atoms with Crippen molar-refractivity contribution >= 4 is 15.7 Å². The highest BCUT2D eigenvalue weighted by Gasteiger charge is 2.27. The second-order valence-electron chi connectivity index (χ2n) is 4.55. The van der Waals surface area contributed by atoms with E-state index in [4.69, 9.17) is 5.73 Å². The van der Waals surface area contributed by atoms with Crippen LogP contribution in [0.15, 0.2) is 47.4 Å². The standard InChI is InChI=1S/C14H15FN2O3S/c1-17(9-10-5-2-3-8-13(10)18)21(19,20)14-11(15)6-4-7-12(14)16/h2-8,18H,9,16H2,1H3. The number of phenols is 1. The highest BCUT2D eigenvalue weighted by atomic mass is 32.2. The van der Waals surface area contributed by atoms with Gasteiger partial charge in [-0.3, -0.25) is 0 Å². The van der Waals surface area contributed by atoms with Gasteiger partial charge in [-0.1, -0.05) is 24.3 Å². The first kappa shape index (κ1) is 15.3. The van der Waals surface area contributed by atoms with Gasteiger partial charge in [-0.2, -0.15) is 4.31 Å². The molecule has 0 bridgehead atoms. The number of nitrogen functional groups attached to an aromatic ring is 1. The van der Waals surface area contributed by atoms with Crippen molar-refractivity contribution in [3.63, 3.8) is 0 Å². The summed E-state index contributed by atoms with van der Waals surface area (Å²) < 4.78 is 39.6. The molecule has 5 nitrogen and oxygen atoms in total. The number of rotatable bonds is 4. The van der Waals surface area contributed by atoms with E-state index in [1.165, 1.54) is 25.2 Å². The fourth-order valence-corrected chi connectivity index (χ4v) is 3.22. The normalized spacial score (nSPS) is 11.8. The molecule has 0 fully saturated rings. The number of hydrogen-bond acceptors (Lipinski definition) is 4. The first-order valence-corrected chi connectivity index (χ1v) is 7.55. The van der Waals surface area contributed by atoms with Gasteiger partial charge >= 0.3 is 0 Å². The zero-order valence-corrected chi connectivity index (χ0v) is 12.1. The van der Waals surface area contributed by atoms with Crippen LogP contribution in [0.25, 0.3) is 0 Å². The lowest BCUT2D eigenvalue weighted by Gasteiger charge is -2.19. The third-order valence-corrected chi connectivity index (χ3v) is 4.95. The Labute approximate surface area is 122 Å². The molecule has 2 aromatic rings. The van der Waals surface area contributed by atoms with Crippen LogP contribution in [0.3, 0.4) is 0 Å². The molecule has 0 atom stereocenters. The van der Waals surface area contributed by atoms with E-state index in [0.29, 0.717) is 5.56 Å². The smallest absolute Gasteiger partial charge is 0.248 e. The first-order valence-electron chi connectivity index (χ1n) is 6.11. The summed E-state index contributed by atoms with van der Waals surface area (Å²) in [5.41, 5.74) is 5.84. The molecule has 0 aliphatic heterocycles. The zero-order chi connectivity index (χ0) is 15.6. The maximum absolute atomic E-state index is 13.8. The summed E-state index contributed by atoms with van der Waals surface area (Å²) in [7, 11) is -2.79. The molecule has 2 aromatic carbocycles. The quantitative estimate of drug-likeness (QED) is 0.845. The number of phenolic OH excluding ortho intramolecular Hbond substituents is 1. The van der Waals surface area contributed by atoms with Gasteiger partial charge < -0.3 is 10.8 Å². The number of sulfonamides is 1. The van der Waals surface area contributed by atoms with Crippen molar-refractivity contribution in [2.75, 3.05) is 12.8 Å². The summed E-state index contributed by atoms with van der Waals surface area (Å²) in [6.45, 7) is -0.0945. The summed E-state index contributed by atoms with van der Waals surface area (Å²) >= 11 is 0. The highest BCUT2D eigenvalue weighted by Crippen LogP contribution is 2.27. The van der Waals surface area contributed by atoms with Crippen LogP contribution in [-0.4, -0.2) is 24.9 Å². The Morgan fingerprint density at radius 2 is 1.86 bits per heavy atom. The molecule has 0 heterocycles. The van der Waals surface area contributed by atoms with E-state index in [1.807, 2.05) is 0 Å². The summed E-state index contributed by atoms with van der Waals surface area (Å²) in [6.07, 6.45) is 0. The van der Waals surface area contributed by atoms with E-state index in [1.54, 1.807) is 18.2 Å². The van der Waals surface area contributed by atoms with Crippen molar-refractivity contribution in [2.45, 2.75) is 11.4 Å². The molecule has 0 radical (unpaired) electrons. The van der Waals surface area contributed by atoms with Crippen molar-refractivity contribution in [3.05, 3.63) is 53.8 Å². The van der Waals surface area contributed by atoms with E-state index in [0.717, 1.165) is 10.4 Å². The minimum absolute atomic E-state index is 0.0268.